The van der Waals surface area contributed by atoms with Crippen LogP contribution in [-0.2, 0) is 25.7 Å². The number of hydrogen-bond acceptors (Lipinski definition) is 12. The number of nitrogens with zero attached hydrogens (tertiary/aromatic N) is 6. The minimum atomic E-state index is -1.63. The number of nitrogens with two attached hydrogens (primary N) is 2. The molecule has 0 bridgehead atoms. The summed E-state index contributed by atoms with van der Waals surface area (Å²) in [6.07, 6.45) is -0.325. The van der Waals surface area contributed by atoms with Crippen molar-refractivity contribution in [1.82, 2.24) is 45.6 Å². The number of hydrogen-bond donors (Lipinski definition) is 9. The number of guanidine groups is 1. The van der Waals surface area contributed by atoms with Crippen molar-refractivity contribution in [2.75, 3.05) is 19.0 Å². The summed E-state index contributed by atoms with van der Waals surface area (Å²) < 4.78 is 1.91. The zero-order valence-corrected chi connectivity index (χ0v) is 26.5. The van der Waals surface area contributed by atoms with Gasteiger partial charge in [-0.25, -0.2) is 19.0 Å². The number of aliphatic hydroxyl groups is 2. The highest BCUT2D eigenvalue weighted by atomic mass is 35.5. The molecule has 4 amide bonds. The van der Waals surface area contributed by atoms with Gasteiger partial charge in [-0.15, -0.1) is 16.7 Å². The summed E-state index contributed by atoms with van der Waals surface area (Å²) in [6.45, 7) is 3.55. The number of imidazole rings is 1. The van der Waals surface area contributed by atoms with E-state index in [1.807, 2.05) is 0 Å². The number of carboxylic acid groups (broad SMARTS) is 1. The molecule has 22 heteroatoms. The standard InChI is InChI=1S/C25H39ClN12O9/c1-11(2)15(20(42)32-14(9-39)19(41)31-13(23(45)46)5-4-7-29-24(27)28)33-21(43)16(12(3)40)34-22(44)17-18-35-36-38(8-6-26)25(47)37(18)10-30-17/h10-16,39-40H,4-9H2,1-3H3,(H,31,41)(H,32,42)(H,33,43)(H,34,44)(H,45,46)(H4,27,28,29)/t12-,13+,14+,15+,16+/m1/s1. The maximum atomic E-state index is 13.2. The normalized spacial score (nSPS) is 14.4. The number of aryl methyl sites for hydroxylation is 1. The van der Waals surface area contributed by atoms with E-state index in [9.17, 15) is 44.1 Å². The Morgan fingerprint density at radius 2 is 1.64 bits per heavy atom. The van der Waals surface area contributed by atoms with Gasteiger partial charge in [0.15, 0.2) is 17.3 Å². The van der Waals surface area contributed by atoms with Crippen LogP contribution in [-0.4, -0.2) is 125 Å². The van der Waals surface area contributed by atoms with Crippen molar-refractivity contribution >= 4 is 52.8 Å². The van der Waals surface area contributed by atoms with E-state index in [1.165, 1.54) is 6.92 Å². The second kappa shape index (κ2) is 17.7. The molecule has 11 N–H and O–H groups in total. The van der Waals surface area contributed by atoms with Crippen LogP contribution in [0.2, 0.25) is 0 Å². The molecule has 5 atom stereocenters. The molecular formula is C25H39ClN12O9. The van der Waals surface area contributed by atoms with Crippen molar-refractivity contribution in [3.63, 3.8) is 0 Å². The zero-order valence-electron chi connectivity index (χ0n) is 25.8. The van der Waals surface area contributed by atoms with Crippen molar-refractivity contribution in [2.24, 2.45) is 22.4 Å². The highest BCUT2D eigenvalue weighted by Gasteiger charge is 2.34. The number of alkyl halides is 1. The van der Waals surface area contributed by atoms with Crippen LogP contribution in [0.1, 0.15) is 44.1 Å². The Morgan fingerprint density at radius 1 is 1.00 bits per heavy atom. The van der Waals surface area contributed by atoms with Crippen molar-refractivity contribution in [3.8, 4) is 0 Å². The average Bonchev–Trinajstić information content (AvgIpc) is 3.44. The highest BCUT2D eigenvalue weighted by molar-refractivity contribution is 6.17. The third-order valence-electron chi connectivity index (χ3n) is 6.60. The molecule has 0 aliphatic carbocycles. The van der Waals surface area contributed by atoms with Crippen LogP contribution in [0.15, 0.2) is 16.1 Å². The number of fused-ring (bicyclic) bond motifs is 1. The smallest absolute Gasteiger partial charge is 0.353 e. The SMILES string of the molecule is CC(C)[C@H](NC(=O)[C@@H](NC(=O)c1ncn2c(=O)n(CCCl)nnc12)[C@@H](C)O)C(=O)N[C@@H](CO)C(=O)N[C@@H](CCCN=C(N)N)C(=O)O. The van der Waals surface area contributed by atoms with Crippen molar-refractivity contribution in [2.45, 2.75) is 70.4 Å². The quantitative estimate of drug-likeness (QED) is 0.0308. The summed E-state index contributed by atoms with van der Waals surface area (Å²) in [7, 11) is 0. The molecule has 0 saturated heterocycles. The molecule has 2 heterocycles. The zero-order chi connectivity index (χ0) is 35.4. The second-order valence-corrected chi connectivity index (χ2v) is 11.0. The molecule has 0 saturated carbocycles. The van der Waals surface area contributed by atoms with Gasteiger partial charge >= 0.3 is 11.7 Å². The molecule has 0 spiro atoms. The maximum absolute atomic E-state index is 13.2. The van der Waals surface area contributed by atoms with Gasteiger partial charge in [0.05, 0.1) is 19.3 Å². The summed E-state index contributed by atoms with van der Waals surface area (Å²) in [5.41, 5.74) is 9.19. The van der Waals surface area contributed by atoms with E-state index in [0.717, 1.165) is 15.4 Å². The number of aliphatic hydroxyl groups excluding tert-OH is 2. The van der Waals surface area contributed by atoms with Gasteiger partial charge in [-0.05, 0) is 25.7 Å². The van der Waals surface area contributed by atoms with Crippen LogP contribution >= 0.6 is 11.6 Å². The summed E-state index contributed by atoms with van der Waals surface area (Å²) in [5, 5.41) is 46.3. The lowest BCUT2D eigenvalue weighted by molar-refractivity contribution is -0.143. The van der Waals surface area contributed by atoms with E-state index in [0.29, 0.717) is 0 Å². The monoisotopic (exact) mass is 686 g/mol. The number of halogens is 1. The Morgan fingerprint density at radius 3 is 2.19 bits per heavy atom. The van der Waals surface area contributed by atoms with Gasteiger partial charge in [0.2, 0.25) is 17.7 Å². The number of carbonyl (C=O) groups excluding carboxylic acids is 4. The van der Waals surface area contributed by atoms with E-state index in [1.54, 1.807) is 13.8 Å². The number of nitrogens with one attached hydrogen (secondary N) is 4. The largest absolute Gasteiger partial charge is 0.480 e. The lowest BCUT2D eigenvalue weighted by Crippen LogP contribution is -2.61. The molecule has 0 radical (unpaired) electrons. The first-order chi connectivity index (χ1) is 22.1. The number of carbonyl (C=O) groups is 5. The Labute approximate surface area is 272 Å². The van der Waals surface area contributed by atoms with E-state index in [2.05, 4.69) is 41.6 Å². The fourth-order valence-electron chi connectivity index (χ4n) is 4.10. The molecule has 47 heavy (non-hydrogen) atoms. The van der Waals surface area contributed by atoms with Gasteiger partial charge < -0.3 is 48.1 Å². The molecule has 2 rings (SSSR count). The van der Waals surface area contributed by atoms with Crippen LogP contribution in [0.4, 0.5) is 0 Å². The van der Waals surface area contributed by atoms with Crippen LogP contribution in [0.25, 0.3) is 5.65 Å². The molecule has 0 aliphatic rings. The molecular weight excluding hydrogens is 648 g/mol. The van der Waals surface area contributed by atoms with E-state index < -0.39 is 78.1 Å². The third-order valence-corrected chi connectivity index (χ3v) is 6.77. The van der Waals surface area contributed by atoms with E-state index in [-0.39, 0.29) is 49.1 Å². The fourth-order valence-corrected chi connectivity index (χ4v) is 4.26. The minimum Gasteiger partial charge on any atom is -0.480 e. The summed E-state index contributed by atoms with van der Waals surface area (Å²) in [5.74, 6) is -6.03. The first-order valence-electron chi connectivity index (χ1n) is 14.3. The topological polar surface area (TPSA) is 324 Å². The summed E-state index contributed by atoms with van der Waals surface area (Å²) in [6, 6.07) is -5.97. The van der Waals surface area contributed by atoms with Gasteiger partial charge in [0.25, 0.3) is 5.91 Å². The van der Waals surface area contributed by atoms with Crippen molar-refractivity contribution < 1.29 is 39.3 Å². The summed E-state index contributed by atoms with van der Waals surface area (Å²) in [4.78, 5) is 83.9. The number of aromatic nitrogens is 5. The molecule has 260 valence electrons. The third kappa shape index (κ3) is 10.6. The van der Waals surface area contributed by atoms with Crippen molar-refractivity contribution in [3.05, 3.63) is 22.5 Å². The van der Waals surface area contributed by atoms with Gasteiger partial charge in [-0.1, -0.05) is 19.1 Å². The van der Waals surface area contributed by atoms with E-state index >= 15 is 0 Å². The lowest BCUT2D eigenvalue weighted by atomic mass is 10.0. The first-order valence-corrected chi connectivity index (χ1v) is 14.8. The second-order valence-electron chi connectivity index (χ2n) is 10.6. The predicted octanol–water partition coefficient (Wildman–Crippen LogP) is -4.76. The Bertz CT molecular complexity index is 1520. The average molecular weight is 687 g/mol. The molecule has 0 fully saturated rings. The Balaban J connectivity index is 2.14. The molecule has 2 aromatic rings. The lowest BCUT2D eigenvalue weighted by Gasteiger charge is -2.28. The minimum absolute atomic E-state index is 0.0479. The Kier molecular flexibility index (Phi) is 14.4. The van der Waals surface area contributed by atoms with Crippen LogP contribution in [0, 0.1) is 5.92 Å². The molecule has 0 aliphatic heterocycles. The van der Waals surface area contributed by atoms with Crippen LogP contribution < -0.4 is 38.4 Å². The number of aliphatic carboxylic acids is 1. The van der Waals surface area contributed by atoms with Gasteiger partial charge in [-0.3, -0.25) is 24.2 Å². The number of rotatable bonds is 18. The molecule has 0 aromatic carbocycles. The molecule has 0 unspecified atom stereocenters. The number of carboxylic acids is 1. The number of aliphatic imine (C=N–C) groups is 1. The maximum Gasteiger partial charge on any atom is 0.353 e. The number of amides is 4. The molecule has 21 nitrogen and oxygen atoms in total. The van der Waals surface area contributed by atoms with Crippen LogP contribution in [0.3, 0.4) is 0 Å². The molecule has 2 aromatic heterocycles. The van der Waals surface area contributed by atoms with E-state index in [4.69, 9.17) is 23.1 Å². The van der Waals surface area contributed by atoms with Crippen LogP contribution in [0.5, 0.6) is 0 Å². The van der Waals surface area contributed by atoms with Crippen molar-refractivity contribution in [1.29, 1.82) is 0 Å². The van der Waals surface area contributed by atoms with Gasteiger partial charge in [0, 0.05) is 12.4 Å². The van der Waals surface area contributed by atoms with Gasteiger partial charge in [-0.2, -0.15) is 4.68 Å². The highest BCUT2D eigenvalue weighted by Crippen LogP contribution is 2.08. The van der Waals surface area contributed by atoms with Gasteiger partial charge in [0.1, 0.15) is 30.5 Å². The first kappa shape index (κ1) is 38.3. The predicted molar refractivity (Wildman–Crippen MR) is 164 cm³/mol. The Hall–Kier alpha value is -4.89. The summed E-state index contributed by atoms with van der Waals surface area (Å²) >= 11 is 5.65. The fraction of sp³-hybridized carbons (Fsp3) is 0.600.